The van der Waals surface area contributed by atoms with Gasteiger partial charge in [-0.2, -0.15) is 0 Å². The molecular formula is C16H12Cl3NO3. The number of rotatable bonds is 4. The van der Waals surface area contributed by atoms with E-state index in [1.807, 2.05) is 0 Å². The van der Waals surface area contributed by atoms with Crippen LogP contribution >= 0.6 is 34.8 Å². The molecule has 0 aliphatic heterocycles. The predicted octanol–water partition coefficient (Wildman–Crippen LogP) is 4.61. The number of ether oxygens (including phenoxy) is 1. The average molecular weight is 373 g/mol. The van der Waals surface area contributed by atoms with Crippen LogP contribution in [0.25, 0.3) is 0 Å². The third-order valence-electron chi connectivity index (χ3n) is 3.01. The molecule has 0 saturated heterocycles. The van der Waals surface area contributed by atoms with E-state index >= 15 is 0 Å². The van der Waals surface area contributed by atoms with Crippen LogP contribution in [0.5, 0.6) is 0 Å². The molecule has 4 nitrogen and oxygen atoms in total. The summed E-state index contributed by atoms with van der Waals surface area (Å²) in [5.41, 5.74) is 1.20. The van der Waals surface area contributed by atoms with Crippen LogP contribution in [0.4, 0.5) is 5.69 Å². The fourth-order valence-electron chi connectivity index (χ4n) is 1.94. The van der Waals surface area contributed by atoms with E-state index in [9.17, 15) is 9.59 Å². The topological polar surface area (TPSA) is 55.4 Å². The van der Waals surface area contributed by atoms with E-state index in [2.05, 4.69) is 10.1 Å². The molecule has 0 fully saturated rings. The molecule has 0 radical (unpaired) electrons. The van der Waals surface area contributed by atoms with Gasteiger partial charge in [-0.3, -0.25) is 4.79 Å². The minimum atomic E-state index is -0.563. The second kappa shape index (κ2) is 7.68. The van der Waals surface area contributed by atoms with Crippen molar-refractivity contribution in [1.82, 2.24) is 0 Å². The van der Waals surface area contributed by atoms with Crippen LogP contribution < -0.4 is 5.32 Å². The fourth-order valence-corrected chi connectivity index (χ4v) is 2.43. The van der Waals surface area contributed by atoms with Crippen LogP contribution in [0.1, 0.15) is 15.9 Å². The van der Waals surface area contributed by atoms with Crippen LogP contribution in [-0.4, -0.2) is 19.0 Å². The first-order valence-corrected chi connectivity index (χ1v) is 7.65. The second-order valence-electron chi connectivity index (χ2n) is 4.65. The van der Waals surface area contributed by atoms with E-state index in [0.717, 1.165) is 0 Å². The zero-order chi connectivity index (χ0) is 17.0. The summed E-state index contributed by atoms with van der Waals surface area (Å²) in [4.78, 5) is 23.9. The maximum atomic E-state index is 12.2. The Morgan fingerprint density at radius 2 is 1.78 bits per heavy atom. The molecule has 0 unspecified atom stereocenters. The van der Waals surface area contributed by atoms with E-state index in [0.29, 0.717) is 20.6 Å². The number of carbonyl (C=O) groups excluding carboxylic acids is 2. The molecule has 0 aromatic heterocycles. The van der Waals surface area contributed by atoms with Gasteiger partial charge in [-0.15, -0.1) is 0 Å². The Balaban J connectivity index is 2.18. The summed E-state index contributed by atoms with van der Waals surface area (Å²) in [5, 5.41) is 3.83. The number of anilines is 1. The number of amides is 1. The van der Waals surface area contributed by atoms with Gasteiger partial charge in [0.25, 0.3) is 0 Å². The van der Waals surface area contributed by atoms with Gasteiger partial charge in [0.1, 0.15) is 0 Å². The van der Waals surface area contributed by atoms with Crippen LogP contribution in [-0.2, 0) is 16.0 Å². The molecule has 0 heterocycles. The van der Waals surface area contributed by atoms with Crippen molar-refractivity contribution in [1.29, 1.82) is 0 Å². The molecule has 1 amide bonds. The molecule has 0 saturated carbocycles. The summed E-state index contributed by atoms with van der Waals surface area (Å²) < 4.78 is 4.68. The van der Waals surface area contributed by atoms with Gasteiger partial charge in [0.15, 0.2) is 0 Å². The van der Waals surface area contributed by atoms with Crippen LogP contribution in [0.2, 0.25) is 15.1 Å². The Hall–Kier alpha value is -1.75. The van der Waals surface area contributed by atoms with Gasteiger partial charge in [0.05, 0.1) is 34.8 Å². The quantitative estimate of drug-likeness (QED) is 0.797. The summed E-state index contributed by atoms with van der Waals surface area (Å²) in [6, 6.07) is 9.45. The number of hydrogen-bond donors (Lipinski definition) is 1. The number of benzene rings is 2. The predicted molar refractivity (Wildman–Crippen MR) is 91.6 cm³/mol. The van der Waals surface area contributed by atoms with Gasteiger partial charge >= 0.3 is 5.97 Å². The van der Waals surface area contributed by atoms with Gasteiger partial charge < -0.3 is 10.1 Å². The lowest BCUT2D eigenvalue weighted by Gasteiger charge is -2.10. The summed E-state index contributed by atoms with van der Waals surface area (Å²) in [6.07, 6.45) is 0.0734. The molecule has 2 aromatic carbocycles. The fraction of sp³-hybridized carbons (Fsp3) is 0.125. The van der Waals surface area contributed by atoms with Crippen LogP contribution in [0, 0.1) is 0 Å². The number of hydrogen-bond acceptors (Lipinski definition) is 3. The Labute approximate surface area is 148 Å². The summed E-state index contributed by atoms with van der Waals surface area (Å²) >= 11 is 17.7. The number of halogens is 3. The zero-order valence-electron chi connectivity index (χ0n) is 12.0. The molecule has 0 atom stereocenters. The maximum absolute atomic E-state index is 12.2. The molecule has 0 spiro atoms. The summed E-state index contributed by atoms with van der Waals surface area (Å²) in [5.74, 6) is -0.887. The van der Waals surface area contributed by atoms with Crippen molar-refractivity contribution in [3.05, 3.63) is 62.6 Å². The SMILES string of the molecule is COC(=O)c1ccc(Cl)cc1NC(=O)Cc1ccc(Cl)c(Cl)c1. The van der Waals surface area contributed by atoms with Crippen molar-refractivity contribution < 1.29 is 14.3 Å². The van der Waals surface area contributed by atoms with E-state index < -0.39 is 5.97 Å². The highest BCUT2D eigenvalue weighted by molar-refractivity contribution is 6.42. The zero-order valence-corrected chi connectivity index (χ0v) is 14.3. The van der Waals surface area contributed by atoms with Gasteiger partial charge in [-0.1, -0.05) is 40.9 Å². The van der Waals surface area contributed by atoms with Crippen LogP contribution in [0.15, 0.2) is 36.4 Å². The largest absolute Gasteiger partial charge is 0.465 e. The summed E-state index contributed by atoms with van der Waals surface area (Å²) in [6.45, 7) is 0. The number of carbonyl (C=O) groups is 2. The van der Waals surface area contributed by atoms with E-state index in [1.165, 1.54) is 19.2 Å². The molecule has 0 aliphatic rings. The third-order valence-corrected chi connectivity index (χ3v) is 3.98. The van der Waals surface area contributed by atoms with Gasteiger partial charge in [-0.05, 0) is 35.9 Å². The minimum Gasteiger partial charge on any atom is -0.465 e. The molecule has 0 bridgehead atoms. The molecule has 7 heteroatoms. The van der Waals surface area contributed by atoms with Crippen molar-refractivity contribution in [3.8, 4) is 0 Å². The molecular weight excluding hydrogens is 361 g/mol. The minimum absolute atomic E-state index is 0.0734. The van der Waals surface area contributed by atoms with Crippen molar-refractivity contribution in [2.45, 2.75) is 6.42 Å². The standard InChI is InChI=1S/C16H12Cl3NO3/c1-23-16(22)11-4-3-10(17)8-14(11)20-15(21)7-9-2-5-12(18)13(19)6-9/h2-6,8H,7H2,1H3,(H,20,21). The Bertz CT molecular complexity index is 762. The highest BCUT2D eigenvalue weighted by Gasteiger charge is 2.15. The first-order valence-electron chi connectivity index (χ1n) is 6.52. The molecule has 23 heavy (non-hydrogen) atoms. The van der Waals surface area contributed by atoms with Gasteiger partial charge in [0, 0.05) is 5.02 Å². The number of nitrogens with one attached hydrogen (secondary N) is 1. The molecule has 2 rings (SSSR count). The molecule has 2 aromatic rings. The molecule has 0 aliphatic carbocycles. The van der Waals surface area contributed by atoms with Crippen LogP contribution in [0.3, 0.4) is 0 Å². The van der Waals surface area contributed by atoms with Gasteiger partial charge in [-0.25, -0.2) is 4.79 Å². The smallest absolute Gasteiger partial charge is 0.339 e. The first kappa shape index (κ1) is 17.6. The lowest BCUT2D eigenvalue weighted by molar-refractivity contribution is -0.115. The van der Waals surface area contributed by atoms with Crippen molar-refractivity contribution in [2.24, 2.45) is 0 Å². The number of methoxy groups -OCH3 is 1. The highest BCUT2D eigenvalue weighted by atomic mass is 35.5. The Morgan fingerprint density at radius 3 is 2.43 bits per heavy atom. The first-order chi connectivity index (χ1) is 10.9. The van der Waals surface area contributed by atoms with E-state index in [1.54, 1.807) is 24.3 Å². The second-order valence-corrected chi connectivity index (χ2v) is 5.91. The third kappa shape index (κ3) is 4.61. The monoisotopic (exact) mass is 371 g/mol. The van der Waals surface area contributed by atoms with E-state index in [4.69, 9.17) is 34.8 Å². The summed E-state index contributed by atoms with van der Waals surface area (Å²) in [7, 11) is 1.26. The molecule has 1 N–H and O–H groups in total. The average Bonchev–Trinajstić information content (AvgIpc) is 2.50. The van der Waals surface area contributed by atoms with E-state index in [-0.39, 0.29) is 23.6 Å². The van der Waals surface area contributed by atoms with Gasteiger partial charge in [0.2, 0.25) is 5.91 Å². The Morgan fingerprint density at radius 1 is 1.04 bits per heavy atom. The van der Waals surface area contributed by atoms with Crippen molar-refractivity contribution >= 4 is 52.4 Å². The lowest BCUT2D eigenvalue weighted by atomic mass is 10.1. The maximum Gasteiger partial charge on any atom is 0.339 e. The Kier molecular flexibility index (Phi) is 5.88. The van der Waals surface area contributed by atoms with Crippen molar-refractivity contribution in [2.75, 3.05) is 12.4 Å². The lowest BCUT2D eigenvalue weighted by Crippen LogP contribution is -2.17. The number of esters is 1. The normalized spacial score (nSPS) is 10.3. The highest BCUT2D eigenvalue weighted by Crippen LogP contribution is 2.24. The molecule has 120 valence electrons. The van der Waals surface area contributed by atoms with Crippen molar-refractivity contribution in [3.63, 3.8) is 0 Å².